The van der Waals surface area contributed by atoms with Crippen LogP contribution in [0.15, 0.2) is 42.5 Å². The van der Waals surface area contributed by atoms with E-state index in [-0.39, 0.29) is 19.5 Å². The number of rotatable bonds is 13. The summed E-state index contributed by atoms with van der Waals surface area (Å²) in [6.07, 6.45) is 0.829. The minimum Gasteiger partial charge on any atom is -0.494 e. The Morgan fingerprint density at radius 2 is 1.80 bits per heavy atom. The summed E-state index contributed by atoms with van der Waals surface area (Å²) in [4.78, 5) is 63.9. The van der Waals surface area contributed by atoms with Crippen LogP contribution in [-0.4, -0.2) is 58.7 Å². The van der Waals surface area contributed by atoms with Crippen molar-refractivity contribution in [1.82, 2.24) is 15.5 Å². The molecule has 3 unspecified atom stereocenters. The Hall–Kier alpha value is -3.63. The highest BCUT2D eigenvalue weighted by atomic mass is 35.5. The minimum atomic E-state index is -1.33. The van der Waals surface area contributed by atoms with Crippen LogP contribution in [0.3, 0.4) is 0 Å². The number of carboxylic acid groups (broad SMARTS) is 1. The zero-order valence-electron chi connectivity index (χ0n) is 22.1. The van der Waals surface area contributed by atoms with Crippen molar-refractivity contribution in [1.29, 1.82) is 0 Å². The highest BCUT2D eigenvalue weighted by Crippen LogP contribution is 2.40. The molecule has 1 aliphatic rings. The van der Waals surface area contributed by atoms with Crippen LogP contribution in [0, 0.1) is 5.92 Å². The van der Waals surface area contributed by atoms with E-state index in [1.54, 1.807) is 49.4 Å². The molecular formula is C28H31Cl2N3O7. The molecule has 12 heteroatoms. The maximum atomic E-state index is 13.4. The molecule has 1 saturated heterocycles. The second kappa shape index (κ2) is 14.1. The number of amides is 3. The molecule has 2 aromatic rings. The third-order valence-electron chi connectivity index (χ3n) is 6.49. The van der Waals surface area contributed by atoms with Gasteiger partial charge in [0.05, 0.1) is 22.7 Å². The van der Waals surface area contributed by atoms with Gasteiger partial charge in [-0.3, -0.25) is 19.2 Å². The quantitative estimate of drug-likeness (QED) is 0.184. The number of carbonyl (C=O) groups is 5. The molecule has 0 aromatic heterocycles. The number of likely N-dealkylation sites (tertiary alicyclic amines) is 1. The lowest BCUT2D eigenvalue weighted by Gasteiger charge is -2.28. The highest BCUT2D eigenvalue weighted by Gasteiger charge is 2.52. The summed E-state index contributed by atoms with van der Waals surface area (Å²) in [6.45, 7) is 3.53. The van der Waals surface area contributed by atoms with E-state index in [0.29, 0.717) is 46.4 Å². The molecule has 40 heavy (non-hydrogen) atoms. The first-order valence-electron chi connectivity index (χ1n) is 12.8. The molecule has 0 aliphatic carbocycles. The van der Waals surface area contributed by atoms with Crippen LogP contribution >= 0.6 is 23.2 Å². The molecule has 0 spiro atoms. The van der Waals surface area contributed by atoms with Gasteiger partial charge in [0.25, 0.3) is 5.91 Å². The molecule has 10 nitrogen and oxygen atoms in total. The number of hydrogen-bond acceptors (Lipinski definition) is 6. The van der Waals surface area contributed by atoms with Crippen molar-refractivity contribution in [2.45, 2.75) is 51.7 Å². The van der Waals surface area contributed by atoms with Crippen molar-refractivity contribution in [3.63, 3.8) is 0 Å². The van der Waals surface area contributed by atoms with Gasteiger partial charge in [0.15, 0.2) is 0 Å². The number of hydrogen-bond donors (Lipinski definition) is 3. The maximum absolute atomic E-state index is 13.4. The molecule has 214 valence electrons. The van der Waals surface area contributed by atoms with Gasteiger partial charge in [-0.25, -0.2) is 4.79 Å². The minimum absolute atomic E-state index is 0.0627. The molecule has 3 amide bonds. The van der Waals surface area contributed by atoms with E-state index in [4.69, 9.17) is 27.9 Å². The van der Waals surface area contributed by atoms with Crippen molar-refractivity contribution >= 4 is 52.7 Å². The van der Waals surface area contributed by atoms with Crippen molar-refractivity contribution in [3.05, 3.63) is 63.6 Å². The van der Waals surface area contributed by atoms with E-state index in [1.807, 2.05) is 0 Å². The molecule has 3 N–H and O–H groups in total. The average molecular weight is 592 g/mol. The molecule has 3 rings (SSSR count). The van der Waals surface area contributed by atoms with Gasteiger partial charge in [-0.2, -0.15) is 0 Å². The third-order valence-corrected chi connectivity index (χ3v) is 7.23. The van der Waals surface area contributed by atoms with Gasteiger partial charge in [0.1, 0.15) is 17.7 Å². The summed E-state index contributed by atoms with van der Waals surface area (Å²) in [5.41, 5.74) is 1.18. The van der Waals surface area contributed by atoms with Crippen LogP contribution in [0.4, 0.5) is 0 Å². The Balaban J connectivity index is 1.83. The zero-order chi connectivity index (χ0) is 29.4. The van der Waals surface area contributed by atoms with E-state index in [2.05, 4.69) is 10.6 Å². The fraction of sp³-hybridized carbons (Fsp3) is 0.393. The predicted molar refractivity (Wildman–Crippen MR) is 148 cm³/mol. The van der Waals surface area contributed by atoms with E-state index in [0.717, 1.165) is 0 Å². The number of ether oxygens (including phenoxy) is 1. The zero-order valence-corrected chi connectivity index (χ0v) is 23.6. The number of carbonyl (C=O) groups excluding carboxylic acids is 4. The molecule has 0 saturated carbocycles. The summed E-state index contributed by atoms with van der Waals surface area (Å²) in [5, 5.41) is 15.1. The van der Waals surface area contributed by atoms with Gasteiger partial charge < -0.3 is 25.4 Å². The number of benzene rings is 2. The number of Topliss-reactive ketones (excluding diaryl/α,β-unsaturated/α-hetero) is 1. The Kier molecular flexibility index (Phi) is 10.9. The largest absolute Gasteiger partial charge is 0.494 e. The molecular weight excluding hydrogens is 561 g/mol. The van der Waals surface area contributed by atoms with E-state index in [9.17, 15) is 29.1 Å². The van der Waals surface area contributed by atoms with E-state index < -0.39 is 47.5 Å². The van der Waals surface area contributed by atoms with Crippen molar-refractivity contribution in [2.24, 2.45) is 5.92 Å². The van der Waals surface area contributed by atoms with Crippen LogP contribution in [0.5, 0.6) is 5.75 Å². The standard InChI is InChI=1S/C28H31Cl2N3O7/c1-3-40-22-10-5-4-8-18(22)24-23(26(36)31-15-17-11-12-19(29)20(30)14-17)25(35)27(37)33(24)13-7-6-9-21(28(38)39)32-16(2)34/h4-5,8,10-12,14,21,23-24H,3,6-7,9,13,15H2,1-2H3,(H,31,36)(H,32,34)(H,38,39). The second-order valence-electron chi connectivity index (χ2n) is 9.31. The SMILES string of the molecule is CCOc1ccccc1C1C(C(=O)NCc2ccc(Cl)c(Cl)c2)C(=O)C(=O)N1CCCCC(NC(C)=O)C(=O)O. The van der Waals surface area contributed by atoms with Crippen LogP contribution in [-0.2, 0) is 30.5 Å². The molecule has 1 aliphatic heterocycles. The lowest BCUT2D eigenvalue weighted by Crippen LogP contribution is -2.39. The average Bonchev–Trinajstić information content (AvgIpc) is 3.16. The highest BCUT2D eigenvalue weighted by molar-refractivity contribution is 6.43. The van der Waals surface area contributed by atoms with Gasteiger partial charge in [-0.1, -0.05) is 47.5 Å². The van der Waals surface area contributed by atoms with Gasteiger partial charge in [0.2, 0.25) is 17.6 Å². The Bertz CT molecular complexity index is 1290. The number of nitrogens with one attached hydrogen (secondary N) is 2. The van der Waals surface area contributed by atoms with Crippen molar-refractivity contribution in [3.8, 4) is 5.75 Å². The van der Waals surface area contributed by atoms with Gasteiger partial charge in [-0.05, 0) is 49.9 Å². The van der Waals surface area contributed by atoms with Crippen LogP contribution < -0.4 is 15.4 Å². The fourth-order valence-corrected chi connectivity index (χ4v) is 4.99. The van der Waals surface area contributed by atoms with Crippen molar-refractivity contribution in [2.75, 3.05) is 13.2 Å². The summed E-state index contributed by atoms with van der Waals surface area (Å²) < 4.78 is 5.76. The van der Waals surface area contributed by atoms with Gasteiger partial charge in [-0.15, -0.1) is 0 Å². The maximum Gasteiger partial charge on any atom is 0.326 e. The molecule has 2 aromatic carbocycles. The number of unbranched alkanes of at least 4 members (excludes halogenated alkanes) is 1. The summed E-state index contributed by atoms with van der Waals surface area (Å²) in [7, 11) is 0. The predicted octanol–water partition coefficient (Wildman–Crippen LogP) is 3.54. The van der Waals surface area contributed by atoms with Crippen molar-refractivity contribution < 1.29 is 33.8 Å². The third kappa shape index (κ3) is 7.51. The Morgan fingerprint density at radius 1 is 1.07 bits per heavy atom. The summed E-state index contributed by atoms with van der Waals surface area (Å²) >= 11 is 12.0. The lowest BCUT2D eigenvalue weighted by molar-refractivity contribution is -0.142. The first-order valence-corrected chi connectivity index (χ1v) is 13.6. The molecule has 0 bridgehead atoms. The smallest absolute Gasteiger partial charge is 0.326 e. The van der Waals surface area contributed by atoms with Gasteiger partial charge in [0, 0.05) is 25.6 Å². The topological polar surface area (TPSA) is 142 Å². The number of aliphatic carboxylic acids is 1. The monoisotopic (exact) mass is 591 g/mol. The normalized spacial score (nSPS) is 17.4. The van der Waals surface area contributed by atoms with Crippen LogP contribution in [0.1, 0.15) is 50.3 Å². The molecule has 0 radical (unpaired) electrons. The lowest BCUT2D eigenvalue weighted by atomic mass is 9.91. The van der Waals surface area contributed by atoms with Gasteiger partial charge >= 0.3 is 5.97 Å². The fourth-order valence-electron chi connectivity index (χ4n) is 4.67. The number of para-hydroxylation sites is 1. The van der Waals surface area contributed by atoms with E-state index in [1.165, 1.54) is 11.8 Å². The molecule has 3 atom stereocenters. The Labute approximate surface area is 242 Å². The summed E-state index contributed by atoms with van der Waals surface area (Å²) in [5.74, 6) is -4.78. The number of halogens is 2. The van der Waals surface area contributed by atoms with Crippen LogP contribution in [0.2, 0.25) is 10.0 Å². The molecule has 1 heterocycles. The summed E-state index contributed by atoms with van der Waals surface area (Å²) in [6, 6.07) is 9.81. The first-order chi connectivity index (χ1) is 19.0. The number of nitrogens with zero attached hydrogens (tertiary/aromatic N) is 1. The number of carboxylic acids is 1. The molecule has 1 fully saturated rings. The second-order valence-corrected chi connectivity index (χ2v) is 10.1. The Morgan fingerprint density at radius 3 is 2.45 bits per heavy atom. The van der Waals surface area contributed by atoms with Crippen LogP contribution in [0.25, 0.3) is 0 Å². The first kappa shape index (κ1) is 30.9. The number of ketones is 1. The van der Waals surface area contributed by atoms with E-state index >= 15 is 0 Å².